The number of nitriles is 1. The number of nitrogens with one attached hydrogen (secondary N) is 1. The summed E-state index contributed by atoms with van der Waals surface area (Å²) >= 11 is 16.1. The van der Waals surface area contributed by atoms with E-state index in [2.05, 4.69) is 50.5 Å². The van der Waals surface area contributed by atoms with Crippen molar-refractivity contribution in [3.63, 3.8) is 0 Å². The molecule has 0 spiro atoms. The van der Waals surface area contributed by atoms with Gasteiger partial charge in [-0.1, -0.05) is 23.2 Å². The molecule has 0 saturated heterocycles. The minimum Gasteiger partial charge on any atom is -0.492 e. The molecule has 0 radical (unpaired) electrons. The normalized spacial score (nSPS) is 11.0. The van der Waals surface area contributed by atoms with Gasteiger partial charge in [-0.2, -0.15) is 5.26 Å². The van der Waals surface area contributed by atoms with Gasteiger partial charge >= 0.3 is 0 Å². The number of carbonyl (C=O) groups is 1. The number of ether oxygens (including phenoxy) is 1. The van der Waals surface area contributed by atoms with E-state index in [1.165, 1.54) is 12.1 Å². The maximum atomic E-state index is 12.4. The minimum atomic E-state index is -0.523. The fourth-order valence-electron chi connectivity index (χ4n) is 2.03. The molecule has 1 N–H and O–H groups in total. The van der Waals surface area contributed by atoms with Gasteiger partial charge in [0.05, 0.1) is 23.8 Å². The molecule has 0 aliphatic rings. The Balaban J connectivity index is 2.28. The number of hydrogen-bond acceptors (Lipinski definition) is 3. The standard InChI is InChI=1S/C18H12Cl2I2N2O2/c1-2-26-17-15(21)6-10(7-16(17)22)5-11(9-23)18(25)24-12-3-4-13(19)14(20)8-12/h3-8H,2H2,1H3,(H,24,25)/b11-5+. The predicted octanol–water partition coefficient (Wildman–Crippen LogP) is 6.15. The van der Waals surface area contributed by atoms with E-state index < -0.39 is 5.91 Å². The van der Waals surface area contributed by atoms with E-state index in [0.29, 0.717) is 22.3 Å². The Bertz CT molecular complexity index is 901. The van der Waals surface area contributed by atoms with Crippen molar-refractivity contribution in [1.29, 1.82) is 5.26 Å². The first-order valence-electron chi connectivity index (χ1n) is 7.35. The lowest BCUT2D eigenvalue weighted by molar-refractivity contribution is -0.112. The summed E-state index contributed by atoms with van der Waals surface area (Å²) in [6.07, 6.45) is 1.53. The zero-order valence-corrected chi connectivity index (χ0v) is 19.3. The average molecular weight is 613 g/mol. The monoisotopic (exact) mass is 612 g/mol. The van der Waals surface area contributed by atoms with Gasteiger partial charge in [0.15, 0.2) is 0 Å². The predicted molar refractivity (Wildman–Crippen MR) is 122 cm³/mol. The largest absolute Gasteiger partial charge is 0.492 e. The van der Waals surface area contributed by atoms with Crippen molar-refractivity contribution >= 4 is 86.1 Å². The van der Waals surface area contributed by atoms with E-state index in [1.54, 1.807) is 12.1 Å². The first-order valence-corrected chi connectivity index (χ1v) is 10.3. The van der Waals surface area contributed by atoms with Crippen molar-refractivity contribution in [3.8, 4) is 11.8 Å². The molecule has 2 aromatic carbocycles. The molecule has 2 aromatic rings. The van der Waals surface area contributed by atoms with Crippen LogP contribution in [0.3, 0.4) is 0 Å². The zero-order valence-electron chi connectivity index (χ0n) is 13.4. The average Bonchev–Trinajstić information content (AvgIpc) is 2.59. The maximum Gasteiger partial charge on any atom is 0.266 e. The van der Waals surface area contributed by atoms with Crippen LogP contribution in [0.4, 0.5) is 5.69 Å². The summed E-state index contributed by atoms with van der Waals surface area (Å²) in [5, 5.41) is 12.7. The van der Waals surface area contributed by atoms with Crippen molar-refractivity contribution < 1.29 is 9.53 Å². The Hall–Kier alpha value is -1.02. The third-order valence-corrected chi connectivity index (χ3v) is 5.50. The molecule has 0 aliphatic carbocycles. The molecule has 8 heteroatoms. The number of rotatable bonds is 5. The smallest absolute Gasteiger partial charge is 0.266 e. The number of anilines is 1. The van der Waals surface area contributed by atoms with Crippen LogP contribution in [-0.4, -0.2) is 12.5 Å². The van der Waals surface area contributed by atoms with Gasteiger partial charge in [-0.15, -0.1) is 0 Å². The fourth-order valence-corrected chi connectivity index (χ4v) is 4.46. The number of nitrogens with zero attached hydrogens (tertiary/aromatic N) is 1. The van der Waals surface area contributed by atoms with Crippen LogP contribution in [-0.2, 0) is 4.79 Å². The summed E-state index contributed by atoms with van der Waals surface area (Å²) in [6.45, 7) is 2.48. The number of amides is 1. The molecule has 0 heterocycles. The fraction of sp³-hybridized carbons (Fsp3) is 0.111. The topological polar surface area (TPSA) is 62.1 Å². The lowest BCUT2D eigenvalue weighted by Crippen LogP contribution is -2.13. The van der Waals surface area contributed by atoms with Gasteiger partial charge in [0.1, 0.15) is 17.4 Å². The van der Waals surface area contributed by atoms with E-state index in [1.807, 2.05) is 25.1 Å². The second kappa shape index (κ2) is 9.78. The van der Waals surface area contributed by atoms with Crippen LogP contribution in [0.25, 0.3) is 6.08 Å². The van der Waals surface area contributed by atoms with E-state index in [4.69, 9.17) is 27.9 Å². The van der Waals surface area contributed by atoms with E-state index in [-0.39, 0.29) is 5.57 Å². The van der Waals surface area contributed by atoms with Crippen LogP contribution < -0.4 is 10.1 Å². The minimum absolute atomic E-state index is 0.0215. The highest BCUT2D eigenvalue weighted by Gasteiger charge is 2.13. The first-order chi connectivity index (χ1) is 12.3. The molecule has 4 nitrogen and oxygen atoms in total. The molecule has 0 bridgehead atoms. The summed E-state index contributed by atoms with van der Waals surface area (Å²) in [5.41, 5.74) is 1.18. The Morgan fingerprint density at radius 2 is 1.88 bits per heavy atom. The summed E-state index contributed by atoms with van der Waals surface area (Å²) in [5.74, 6) is 0.273. The molecule has 2 rings (SSSR count). The molecule has 0 aliphatic heterocycles. The van der Waals surface area contributed by atoms with Crippen LogP contribution >= 0.6 is 68.4 Å². The van der Waals surface area contributed by atoms with Gasteiger partial charge in [-0.05, 0) is 94.1 Å². The SMILES string of the molecule is CCOc1c(I)cc(/C=C(\C#N)C(=O)Nc2ccc(Cl)c(Cl)c2)cc1I. The molecular formula is C18H12Cl2I2N2O2. The highest BCUT2D eigenvalue weighted by atomic mass is 127. The third-order valence-electron chi connectivity index (χ3n) is 3.16. The zero-order chi connectivity index (χ0) is 19.3. The molecule has 0 aromatic heterocycles. The summed E-state index contributed by atoms with van der Waals surface area (Å²) in [7, 11) is 0. The number of hydrogen-bond donors (Lipinski definition) is 1. The molecule has 0 atom stereocenters. The van der Waals surface area contributed by atoms with E-state index in [0.717, 1.165) is 18.5 Å². The van der Waals surface area contributed by atoms with Crippen molar-refractivity contribution in [3.05, 3.63) is 58.7 Å². The van der Waals surface area contributed by atoms with Crippen molar-refractivity contribution in [2.45, 2.75) is 6.92 Å². The number of carbonyl (C=O) groups excluding carboxylic acids is 1. The molecular weight excluding hydrogens is 601 g/mol. The molecule has 0 fully saturated rings. The Morgan fingerprint density at radius 3 is 2.42 bits per heavy atom. The van der Waals surface area contributed by atoms with Crippen LogP contribution in [0, 0.1) is 18.5 Å². The third kappa shape index (κ3) is 5.49. The van der Waals surface area contributed by atoms with Crippen molar-refractivity contribution in [2.24, 2.45) is 0 Å². The van der Waals surface area contributed by atoms with E-state index >= 15 is 0 Å². The number of halogens is 4. The first kappa shape index (κ1) is 21.3. The van der Waals surface area contributed by atoms with Gasteiger partial charge in [0.25, 0.3) is 5.91 Å². The van der Waals surface area contributed by atoms with Gasteiger partial charge in [0.2, 0.25) is 0 Å². The molecule has 134 valence electrons. The molecule has 0 unspecified atom stereocenters. The Labute approximate surface area is 188 Å². The van der Waals surface area contributed by atoms with Crippen molar-refractivity contribution in [1.82, 2.24) is 0 Å². The maximum absolute atomic E-state index is 12.4. The highest BCUT2D eigenvalue weighted by molar-refractivity contribution is 14.1. The van der Waals surface area contributed by atoms with Crippen molar-refractivity contribution in [2.75, 3.05) is 11.9 Å². The second-order valence-electron chi connectivity index (χ2n) is 5.00. The Morgan fingerprint density at radius 1 is 1.23 bits per heavy atom. The van der Waals surface area contributed by atoms with Gasteiger partial charge in [-0.3, -0.25) is 4.79 Å². The number of benzene rings is 2. The van der Waals surface area contributed by atoms with Gasteiger partial charge in [-0.25, -0.2) is 0 Å². The summed E-state index contributed by atoms with van der Waals surface area (Å²) < 4.78 is 7.41. The Kier molecular flexibility index (Phi) is 8.01. The summed E-state index contributed by atoms with van der Waals surface area (Å²) in [4.78, 5) is 12.4. The van der Waals surface area contributed by atoms with Gasteiger partial charge < -0.3 is 10.1 Å². The lowest BCUT2D eigenvalue weighted by atomic mass is 10.1. The summed E-state index contributed by atoms with van der Waals surface area (Å²) in [6, 6.07) is 10.4. The van der Waals surface area contributed by atoms with Crippen LogP contribution in [0.15, 0.2) is 35.9 Å². The highest BCUT2D eigenvalue weighted by Crippen LogP contribution is 2.30. The molecule has 26 heavy (non-hydrogen) atoms. The van der Waals surface area contributed by atoms with Crippen LogP contribution in [0.1, 0.15) is 12.5 Å². The van der Waals surface area contributed by atoms with E-state index in [9.17, 15) is 10.1 Å². The van der Waals surface area contributed by atoms with Crippen LogP contribution in [0.2, 0.25) is 10.0 Å². The van der Waals surface area contributed by atoms with Crippen LogP contribution in [0.5, 0.6) is 5.75 Å². The second-order valence-corrected chi connectivity index (χ2v) is 8.14. The van der Waals surface area contributed by atoms with Gasteiger partial charge in [0, 0.05) is 5.69 Å². The lowest BCUT2D eigenvalue weighted by Gasteiger charge is -2.10. The molecule has 0 saturated carbocycles. The quantitative estimate of drug-likeness (QED) is 0.250. The molecule has 1 amide bonds.